The summed E-state index contributed by atoms with van der Waals surface area (Å²) in [6.45, 7) is 9.36. The summed E-state index contributed by atoms with van der Waals surface area (Å²) in [7, 11) is 0. The van der Waals surface area contributed by atoms with Gasteiger partial charge in [0.05, 0.1) is 5.54 Å². The first-order chi connectivity index (χ1) is 14.5. The van der Waals surface area contributed by atoms with Crippen molar-refractivity contribution in [3.63, 3.8) is 0 Å². The van der Waals surface area contributed by atoms with Crippen molar-refractivity contribution >= 4 is 29.7 Å². The number of rotatable bonds is 6. The van der Waals surface area contributed by atoms with Gasteiger partial charge in [-0.2, -0.15) is 0 Å². The molecule has 0 radical (unpaired) electrons. The second-order valence-electron chi connectivity index (χ2n) is 9.28. The number of carbonyl (C=O) groups is 3. The maximum atomic E-state index is 12.7. The zero-order valence-corrected chi connectivity index (χ0v) is 19.2. The van der Waals surface area contributed by atoms with Gasteiger partial charge in [-0.3, -0.25) is 9.59 Å². The van der Waals surface area contributed by atoms with E-state index in [1.165, 1.54) is 13.0 Å². The van der Waals surface area contributed by atoms with Crippen LogP contribution in [0.15, 0.2) is 30.3 Å². The Kier molecular flexibility index (Phi) is 8.25. The summed E-state index contributed by atoms with van der Waals surface area (Å²) < 4.78 is 5.35. The Balaban J connectivity index is 2.03. The first-order valence-electron chi connectivity index (χ1n) is 10.8. The molecule has 3 amide bonds. The molecular formula is C24H35N3O4. The molecule has 0 aromatic heterocycles. The minimum atomic E-state index is -0.573. The highest BCUT2D eigenvalue weighted by Crippen LogP contribution is 2.33. The number of carbonyl (C=O) groups excluding carboxylic acids is 3. The van der Waals surface area contributed by atoms with Gasteiger partial charge in [0.25, 0.3) is 0 Å². The Morgan fingerprint density at radius 2 is 1.84 bits per heavy atom. The van der Waals surface area contributed by atoms with Crippen LogP contribution in [0.1, 0.15) is 65.9 Å². The van der Waals surface area contributed by atoms with Crippen molar-refractivity contribution in [3.05, 3.63) is 35.9 Å². The SMILES string of the molecule is CC(=O)Nc1ccc(/C=C/C(=O)N[C@]2(CNC(=O)OC(C)(C)C)CCCC[C@@H]2C)cc1. The van der Waals surface area contributed by atoms with Crippen LogP contribution in [0.5, 0.6) is 0 Å². The molecule has 1 saturated carbocycles. The second-order valence-corrected chi connectivity index (χ2v) is 9.28. The number of anilines is 1. The molecule has 31 heavy (non-hydrogen) atoms. The number of hydrogen-bond acceptors (Lipinski definition) is 4. The van der Waals surface area contributed by atoms with E-state index in [2.05, 4.69) is 22.9 Å². The first kappa shape index (κ1) is 24.4. The van der Waals surface area contributed by atoms with Gasteiger partial charge in [-0.15, -0.1) is 0 Å². The van der Waals surface area contributed by atoms with E-state index >= 15 is 0 Å². The van der Waals surface area contributed by atoms with Crippen LogP contribution in [0.25, 0.3) is 6.08 Å². The Hall–Kier alpha value is -2.83. The van der Waals surface area contributed by atoms with Crippen LogP contribution in [0, 0.1) is 5.92 Å². The molecule has 1 aromatic carbocycles. The molecule has 1 aliphatic carbocycles. The van der Waals surface area contributed by atoms with Gasteiger partial charge in [0, 0.05) is 25.2 Å². The highest BCUT2D eigenvalue weighted by molar-refractivity contribution is 5.92. The lowest BCUT2D eigenvalue weighted by Gasteiger charge is -2.43. The molecule has 1 aliphatic rings. The smallest absolute Gasteiger partial charge is 0.407 e. The summed E-state index contributed by atoms with van der Waals surface area (Å²) in [4.78, 5) is 36.0. The summed E-state index contributed by atoms with van der Waals surface area (Å²) in [5.74, 6) is -0.106. The number of ether oxygens (including phenoxy) is 1. The summed E-state index contributed by atoms with van der Waals surface area (Å²) in [5.41, 5.74) is 0.474. The fraction of sp³-hybridized carbons (Fsp3) is 0.542. The lowest BCUT2D eigenvalue weighted by atomic mass is 9.73. The number of amides is 3. The molecular weight excluding hydrogens is 394 g/mol. The van der Waals surface area contributed by atoms with Crippen LogP contribution in [0.2, 0.25) is 0 Å². The minimum absolute atomic E-state index is 0.130. The summed E-state index contributed by atoms with van der Waals surface area (Å²) in [6.07, 6.45) is 6.66. The lowest BCUT2D eigenvalue weighted by Crippen LogP contribution is -2.60. The third-order valence-electron chi connectivity index (χ3n) is 5.43. The molecule has 1 aromatic rings. The van der Waals surface area contributed by atoms with Crippen LogP contribution in [-0.2, 0) is 14.3 Å². The van der Waals surface area contributed by atoms with Crippen molar-refractivity contribution in [1.82, 2.24) is 10.6 Å². The van der Waals surface area contributed by atoms with Gasteiger partial charge in [-0.25, -0.2) is 4.79 Å². The van der Waals surface area contributed by atoms with E-state index in [0.717, 1.165) is 31.2 Å². The molecule has 0 aliphatic heterocycles. The first-order valence-corrected chi connectivity index (χ1v) is 10.8. The van der Waals surface area contributed by atoms with Crippen LogP contribution < -0.4 is 16.0 Å². The number of hydrogen-bond donors (Lipinski definition) is 3. The zero-order chi connectivity index (χ0) is 23.1. The maximum absolute atomic E-state index is 12.7. The number of nitrogens with one attached hydrogen (secondary N) is 3. The molecule has 3 N–H and O–H groups in total. The molecule has 1 fully saturated rings. The highest BCUT2D eigenvalue weighted by atomic mass is 16.6. The summed E-state index contributed by atoms with van der Waals surface area (Å²) >= 11 is 0. The molecule has 7 heteroatoms. The van der Waals surface area contributed by atoms with Gasteiger partial charge >= 0.3 is 6.09 Å². The zero-order valence-electron chi connectivity index (χ0n) is 19.2. The van der Waals surface area contributed by atoms with Gasteiger partial charge in [-0.05, 0) is 63.3 Å². The van der Waals surface area contributed by atoms with E-state index in [4.69, 9.17) is 4.74 Å². The Bertz CT molecular complexity index is 811. The summed E-state index contributed by atoms with van der Waals surface area (Å²) in [6, 6.07) is 7.24. The van der Waals surface area contributed by atoms with Gasteiger partial charge in [0.2, 0.25) is 11.8 Å². The normalized spacial score (nSPS) is 21.4. The third kappa shape index (κ3) is 8.07. The molecule has 0 unspecified atom stereocenters. The van der Waals surface area contributed by atoms with Gasteiger partial charge in [0.1, 0.15) is 5.60 Å². The van der Waals surface area contributed by atoms with Crippen LogP contribution in [-0.4, -0.2) is 35.6 Å². The van der Waals surface area contributed by atoms with Crippen molar-refractivity contribution in [2.24, 2.45) is 5.92 Å². The lowest BCUT2D eigenvalue weighted by molar-refractivity contribution is -0.119. The number of benzene rings is 1. The van der Waals surface area contributed by atoms with E-state index in [-0.39, 0.29) is 17.7 Å². The van der Waals surface area contributed by atoms with Crippen LogP contribution >= 0.6 is 0 Å². The molecule has 0 saturated heterocycles. The predicted octanol–water partition coefficient (Wildman–Crippen LogP) is 4.25. The number of alkyl carbamates (subject to hydrolysis) is 1. The van der Waals surface area contributed by atoms with E-state index in [0.29, 0.717) is 12.2 Å². The minimum Gasteiger partial charge on any atom is -0.444 e. The second kappa shape index (κ2) is 10.5. The molecule has 0 heterocycles. The molecule has 2 atom stereocenters. The fourth-order valence-corrected chi connectivity index (χ4v) is 3.79. The standard InChI is InChI=1S/C24H35N3O4/c1-17-8-6-7-15-24(17,16-25-22(30)31-23(3,4)5)27-21(29)14-11-19-9-12-20(13-10-19)26-18(2)28/h9-14,17H,6-8,15-16H2,1-5H3,(H,25,30)(H,26,28)(H,27,29)/b14-11+/t17-,24-/m0/s1. The van der Waals surface area contributed by atoms with E-state index in [1.807, 2.05) is 32.9 Å². The Labute approximate surface area is 185 Å². The highest BCUT2D eigenvalue weighted by Gasteiger charge is 2.39. The third-order valence-corrected chi connectivity index (χ3v) is 5.43. The van der Waals surface area contributed by atoms with Crippen molar-refractivity contribution < 1.29 is 19.1 Å². The largest absolute Gasteiger partial charge is 0.444 e. The monoisotopic (exact) mass is 429 g/mol. The average Bonchev–Trinajstić information content (AvgIpc) is 2.66. The molecule has 0 bridgehead atoms. The quantitative estimate of drug-likeness (QED) is 0.589. The fourth-order valence-electron chi connectivity index (χ4n) is 3.79. The molecule has 170 valence electrons. The summed E-state index contributed by atoms with van der Waals surface area (Å²) in [5, 5.41) is 8.71. The van der Waals surface area contributed by atoms with Gasteiger partial charge in [-0.1, -0.05) is 31.9 Å². The topological polar surface area (TPSA) is 96.5 Å². The van der Waals surface area contributed by atoms with Gasteiger partial charge in [0.15, 0.2) is 0 Å². The van der Waals surface area contributed by atoms with Gasteiger partial charge < -0.3 is 20.7 Å². The van der Waals surface area contributed by atoms with Crippen molar-refractivity contribution in [1.29, 1.82) is 0 Å². The van der Waals surface area contributed by atoms with Crippen molar-refractivity contribution in [2.75, 3.05) is 11.9 Å². The molecule has 0 spiro atoms. The van der Waals surface area contributed by atoms with Crippen LogP contribution in [0.3, 0.4) is 0 Å². The van der Waals surface area contributed by atoms with E-state index in [1.54, 1.807) is 18.2 Å². The molecule has 7 nitrogen and oxygen atoms in total. The van der Waals surface area contributed by atoms with Crippen LogP contribution in [0.4, 0.5) is 10.5 Å². The maximum Gasteiger partial charge on any atom is 0.407 e. The predicted molar refractivity (Wildman–Crippen MR) is 123 cm³/mol. The van der Waals surface area contributed by atoms with Crippen molar-refractivity contribution in [3.8, 4) is 0 Å². The van der Waals surface area contributed by atoms with E-state index in [9.17, 15) is 14.4 Å². The Morgan fingerprint density at radius 1 is 1.16 bits per heavy atom. The average molecular weight is 430 g/mol. The Morgan fingerprint density at radius 3 is 2.42 bits per heavy atom. The van der Waals surface area contributed by atoms with E-state index < -0.39 is 17.2 Å². The molecule has 2 rings (SSSR count). The van der Waals surface area contributed by atoms with Crippen molar-refractivity contribution in [2.45, 2.75) is 71.4 Å².